The second kappa shape index (κ2) is 6.83. The van der Waals surface area contributed by atoms with Crippen molar-refractivity contribution in [1.29, 1.82) is 0 Å². The predicted molar refractivity (Wildman–Crippen MR) is 62.7 cm³/mol. The summed E-state index contributed by atoms with van der Waals surface area (Å²) < 4.78 is 0. The molecule has 1 aliphatic rings. The zero-order valence-electron chi connectivity index (χ0n) is 10.0. The van der Waals surface area contributed by atoms with Gasteiger partial charge in [0.1, 0.15) is 0 Å². The van der Waals surface area contributed by atoms with Gasteiger partial charge >= 0.3 is 0 Å². The van der Waals surface area contributed by atoms with Crippen molar-refractivity contribution in [3.63, 3.8) is 0 Å². The van der Waals surface area contributed by atoms with Crippen LogP contribution in [0.15, 0.2) is 0 Å². The third-order valence-corrected chi connectivity index (χ3v) is 3.32. The molecule has 0 aliphatic heterocycles. The van der Waals surface area contributed by atoms with Crippen molar-refractivity contribution in [3.05, 3.63) is 0 Å². The maximum atomic E-state index is 11.3. The van der Waals surface area contributed by atoms with Crippen molar-refractivity contribution in [2.75, 3.05) is 13.1 Å². The molecule has 1 rings (SSSR count). The van der Waals surface area contributed by atoms with Crippen LogP contribution in [0.4, 0.5) is 0 Å². The Kier molecular flexibility index (Phi) is 5.69. The molecule has 88 valence electrons. The van der Waals surface area contributed by atoms with Gasteiger partial charge in [-0.05, 0) is 32.6 Å². The molecule has 15 heavy (non-hydrogen) atoms. The molecular weight excluding hydrogens is 188 g/mol. The van der Waals surface area contributed by atoms with Gasteiger partial charge in [0.05, 0.1) is 6.54 Å². The number of carbonyl (C=O) groups excluding carboxylic acids is 1. The molecule has 0 saturated heterocycles. The van der Waals surface area contributed by atoms with Gasteiger partial charge in [-0.2, -0.15) is 0 Å². The van der Waals surface area contributed by atoms with Crippen LogP contribution in [0.2, 0.25) is 0 Å². The van der Waals surface area contributed by atoms with Gasteiger partial charge in [0.2, 0.25) is 5.91 Å². The summed E-state index contributed by atoms with van der Waals surface area (Å²) in [6.07, 6.45) is 6.75. The summed E-state index contributed by atoms with van der Waals surface area (Å²) in [5.41, 5.74) is 0. The normalized spacial score (nSPS) is 19.9. The number of nitrogens with one attached hydrogen (secondary N) is 2. The number of hydrogen-bond acceptors (Lipinski definition) is 2. The minimum atomic E-state index is 0.111. The van der Waals surface area contributed by atoms with Gasteiger partial charge in [-0.3, -0.25) is 4.79 Å². The summed E-state index contributed by atoms with van der Waals surface area (Å²) in [7, 11) is 0. The SMILES string of the molecule is CCNC(=O)CN[C@@H](C)C1CCCCC1. The van der Waals surface area contributed by atoms with E-state index in [1.807, 2.05) is 6.92 Å². The molecule has 1 atom stereocenters. The lowest BCUT2D eigenvalue weighted by Crippen LogP contribution is -2.41. The Bertz CT molecular complexity index is 188. The Balaban J connectivity index is 2.16. The Hall–Kier alpha value is -0.570. The van der Waals surface area contributed by atoms with Crippen molar-refractivity contribution in [1.82, 2.24) is 10.6 Å². The lowest BCUT2D eigenvalue weighted by Gasteiger charge is -2.28. The number of rotatable bonds is 5. The van der Waals surface area contributed by atoms with Gasteiger partial charge in [0.15, 0.2) is 0 Å². The fourth-order valence-electron chi connectivity index (χ4n) is 2.31. The zero-order chi connectivity index (χ0) is 11.1. The molecule has 1 aliphatic carbocycles. The minimum absolute atomic E-state index is 0.111. The second-order valence-corrected chi connectivity index (χ2v) is 4.52. The van der Waals surface area contributed by atoms with Crippen LogP contribution in [0.5, 0.6) is 0 Å². The topological polar surface area (TPSA) is 41.1 Å². The number of amides is 1. The summed E-state index contributed by atoms with van der Waals surface area (Å²) >= 11 is 0. The summed E-state index contributed by atoms with van der Waals surface area (Å²) in [6.45, 7) is 5.33. The lowest BCUT2D eigenvalue weighted by molar-refractivity contribution is -0.120. The van der Waals surface area contributed by atoms with Gasteiger partial charge in [-0.1, -0.05) is 19.3 Å². The second-order valence-electron chi connectivity index (χ2n) is 4.52. The van der Waals surface area contributed by atoms with Gasteiger partial charge in [-0.25, -0.2) is 0 Å². The predicted octanol–water partition coefficient (Wildman–Crippen LogP) is 1.68. The Morgan fingerprint density at radius 3 is 2.60 bits per heavy atom. The maximum Gasteiger partial charge on any atom is 0.233 e. The van der Waals surface area contributed by atoms with Gasteiger partial charge in [0, 0.05) is 12.6 Å². The largest absolute Gasteiger partial charge is 0.355 e. The molecule has 0 unspecified atom stereocenters. The molecule has 0 aromatic rings. The van der Waals surface area contributed by atoms with Crippen molar-refractivity contribution in [2.45, 2.75) is 52.0 Å². The zero-order valence-corrected chi connectivity index (χ0v) is 10.0. The van der Waals surface area contributed by atoms with E-state index >= 15 is 0 Å². The van der Waals surface area contributed by atoms with Crippen molar-refractivity contribution < 1.29 is 4.79 Å². The van der Waals surface area contributed by atoms with Crippen molar-refractivity contribution in [3.8, 4) is 0 Å². The molecule has 0 aromatic heterocycles. The first-order valence-corrected chi connectivity index (χ1v) is 6.24. The summed E-state index contributed by atoms with van der Waals surface area (Å²) in [4.78, 5) is 11.3. The third kappa shape index (κ3) is 4.65. The molecule has 0 spiro atoms. The molecule has 1 fully saturated rings. The van der Waals surface area contributed by atoms with E-state index in [4.69, 9.17) is 0 Å². The van der Waals surface area contributed by atoms with Crippen LogP contribution in [0.1, 0.15) is 46.0 Å². The lowest BCUT2D eigenvalue weighted by atomic mass is 9.84. The van der Waals surface area contributed by atoms with E-state index in [0.29, 0.717) is 12.6 Å². The molecule has 0 aromatic carbocycles. The maximum absolute atomic E-state index is 11.3. The van der Waals surface area contributed by atoms with E-state index in [9.17, 15) is 4.79 Å². The molecule has 2 N–H and O–H groups in total. The van der Waals surface area contributed by atoms with E-state index in [1.54, 1.807) is 0 Å². The highest BCUT2D eigenvalue weighted by atomic mass is 16.1. The Morgan fingerprint density at radius 2 is 2.00 bits per heavy atom. The van der Waals surface area contributed by atoms with Crippen LogP contribution >= 0.6 is 0 Å². The first-order chi connectivity index (χ1) is 7.24. The van der Waals surface area contributed by atoms with Crippen LogP contribution in [0.25, 0.3) is 0 Å². The van der Waals surface area contributed by atoms with Crippen molar-refractivity contribution in [2.24, 2.45) is 5.92 Å². The molecule has 1 saturated carbocycles. The highest BCUT2D eigenvalue weighted by Gasteiger charge is 2.19. The van der Waals surface area contributed by atoms with Gasteiger partial charge in [-0.15, -0.1) is 0 Å². The van der Waals surface area contributed by atoms with Crippen LogP contribution in [-0.2, 0) is 4.79 Å². The first kappa shape index (κ1) is 12.5. The van der Waals surface area contributed by atoms with Gasteiger partial charge < -0.3 is 10.6 Å². The standard InChI is InChI=1S/C12H24N2O/c1-3-13-12(15)9-14-10(2)11-7-5-4-6-8-11/h10-11,14H,3-9H2,1-2H3,(H,13,15)/t10-/m0/s1. The molecule has 0 radical (unpaired) electrons. The van der Waals surface area contributed by atoms with E-state index in [-0.39, 0.29) is 5.91 Å². The monoisotopic (exact) mass is 212 g/mol. The summed E-state index contributed by atoms with van der Waals surface area (Å²) in [5.74, 6) is 0.883. The quantitative estimate of drug-likeness (QED) is 0.728. The van der Waals surface area contributed by atoms with Crippen LogP contribution < -0.4 is 10.6 Å². The van der Waals surface area contributed by atoms with E-state index in [2.05, 4.69) is 17.6 Å². The first-order valence-electron chi connectivity index (χ1n) is 6.24. The number of likely N-dealkylation sites (N-methyl/N-ethyl adjacent to an activating group) is 1. The fraction of sp³-hybridized carbons (Fsp3) is 0.917. The van der Waals surface area contributed by atoms with Gasteiger partial charge in [0.25, 0.3) is 0 Å². The average Bonchev–Trinajstić information content (AvgIpc) is 2.27. The molecule has 1 amide bonds. The van der Waals surface area contributed by atoms with E-state index in [1.165, 1.54) is 32.1 Å². The van der Waals surface area contributed by atoms with E-state index < -0.39 is 0 Å². The number of hydrogen-bond donors (Lipinski definition) is 2. The molecule has 3 nitrogen and oxygen atoms in total. The van der Waals surface area contributed by atoms with Crippen LogP contribution in [-0.4, -0.2) is 25.0 Å². The smallest absolute Gasteiger partial charge is 0.233 e. The minimum Gasteiger partial charge on any atom is -0.355 e. The molecule has 0 heterocycles. The third-order valence-electron chi connectivity index (χ3n) is 3.32. The molecule has 0 bridgehead atoms. The van der Waals surface area contributed by atoms with E-state index in [0.717, 1.165) is 12.5 Å². The fourth-order valence-corrected chi connectivity index (χ4v) is 2.31. The highest BCUT2D eigenvalue weighted by molar-refractivity contribution is 5.77. The van der Waals surface area contributed by atoms with Crippen LogP contribution in [0, 0.1) is 5.92 Å². The van der Waals surface area contributed by atoms with Crippen molar-refractivity contribution >= 4 is 5.91 Å². The average molecular weight is 212 g/mol. The highest BCUT2D eigenvalue weighted by Crippen LogP contribution is 2.26. The molecule has 3 heteroatoms. The molecular formula is C12H24N2O. The van der Waals surface area contributed by atoms with Crippen LogP contribution in [0.3, 0.4) is 0 Å². The Morgan fingerprint density at radius 1 is 1.33 bits per heavy atom. The number of carbonyl (C=O) groups is 1. The Labute approximate surface area is 93.0 Å². The summed E-state index contributed by atoms with van der Waals surface area (Å²) in [5, 5.41) is 6.13. The summed E-state index contributed by atoms with van der Waals surface area (Å²) in [6, 6.07) is 0.480.